The highest BCUT2D eigenvalue weighted by Crippen LogP contribution is 2.23. The summed E-state index contributed by atoms with van der Waals surface area (Å²) < 4.78 is 41.1. The van der Waals surface area contributed by atoms with Crippen molar-refractivity contribution in [1.82, 2.24) is 0 Å². The SMILES string of the molecule is CCCCCCCCCCC[Si](C)(C)OC(=O)C(F)(F)F. The van der Waals surface area contributed by atoms with E-state index < -0.39 is 20.5 Å². The summed E-state index contributed by atoms with van der Waals surface area (Å²) in [5.74, 6) is -2.03. The molecule has 0 amide bonds. The topological polar surface area (TPSA) is 26.3 Å². The Kier molecular flexibility index (Phi) is 9.99. The molecule has 0 aliphatic rings. The van der Waals surface area contributed by atoms with Crippen molar-refractivity contribution in [2.75, 3.05) is 0 Å². The Morgan fingerprint density at radius 1 is 0.905 bits per heavy atom. The molecule has 0 aliphatic heterocycles. The van der Waals surface area contributed by atoms with E-state index in [4.69, 9.17) is 0 Å². The Hall–Kier alpha value is -0.523. The lowest BCUT2D eigenvalue weighted by atomic mass is 10.1. The molecule has 0 aromatic carbocycles. The van der Waals surface area contributed by atoms with E-state index in [1.165, 1.54) is 38.5 Å². The fourth-order valence-electron chi connectivity index (χ4n) is 2.22. The summed E-state index contributed by atoms with van der Waals surface area (Å²) in [6.45, 7) is 5.53. The minimum absolute atomic E-state index is 0.602. The Morgan fingerprint density at radius 2 is 1.33 bits per heavy atom. The maximum atomic E-state index is 12.1. The number of halogens is 3. The van der Waals surface area contributed by atoms with E-state index in [1.54, 1.807) is 13.1 Å². The summed E-state index contributed by atoms with van der Waals surface area (Å²) in [5, 5.41) is 0. The van der Waals surface area contributed by atoms with Gasteiger partial charge in [0, 0.05) is 0 Å². The monoisotopic (exact) mass is 326 g/mol. The van der Waals surface area contributed by atoms with Crippen LogP contribution in [-0.2, 0) is 9.22 Å². The van der Waals surface area contributed by atoms with Crippen LogP contribution < -0.4 is 0 Å². The number of unbranched alkanes of at least 4 members (excludes halogenated alkanes) is 8. The molecule has 126 valence electrons. The van der Waals surface area contributed by atoms with Crippen LogP contribution in [0, 0.1) is 0 Å². The van der Waals surface area contributed by atoms with E-state index in [0.717, 1.165) is 19.3 Å². The molecule has 0 bridgehead atoms. The van der Waals surface area contributed by atoms with Crippen LogP contribution in [0.4, 0.5) is 13.2 Å². The second kappa shape index (κ2) is 10.2. The molecule has 21 heavy (non-hydrogen) atoms. The summed E-state index contributed by atoms with van der Waals surface area (Å²) in [7, 11) is -2.53. The van der Waals surface area contributed by atoms with Crippen LogP contribution in [0.2, 0.25) is 19.1 Å². The third kappa shape index (κ3) is 11.8. The minimum atomic E-state index is -4.87. The molecule has 0 aliphatic carbocycles. The zero-order valence-electron chi connectivity index (χ0n) is 13.5. The zero-order chi connectivity index (χ0) is 16.4. The number of hydrogen-bond donors (Lipinski definition) is 0. The average molecular weight is 326 g/mol. The van der Waals surface area contributed by atoms with Crippen molar-refractivity contribution in [1.29, 1.82) is 0 Å². The summed E-state index contributed by atoms with van der Waals surface area (Å²) >= 11 is 0. The first-order valence-electron chi connectivity index (χ1n) is 7.99. The Labute approximate surface area is 127 Å². The van der Waals surface area contributed by atoms with Gasteiger partial charge in [0.25, 0.3) is 0 Å². The standard InChI is InChI=1S/C15H29F3O2Si/c1-4-5-6-7-8-9-10-11-12-13-21(2,3)20-14(19)15(16,17)18/h4-13H2,1-3H3. The van der Waals surface area contributed by atoms with Crippen LogP contribution in [0.15, 0.2) is 0 Å². The van der Waals surface area contributed by atoms with Crippen molar-refractivity contribution >= 4 is 14.3 Å². The van der Waals surface area contributed by atoms with Gasteiger partial charge in [-0.25, -0.2) is 4.79 Å². The van der Waals surface area contributed by atoms with E-state index in [2.05, 4.69) is 11.3 Å². The number of carbonyl (C=O) groups excluding carboxylic acids is 1. The van der Waals surface area contributed by atoms with Crippen molar-refractivity contribution in [3.63, 3.8) is 0 Å². The largest absolute Gasteiger partial charge is 0.513 e. The molecule has 2 nitrogen and oxygen atoms in total. The molecular weight excluding hydrogens is 297 g/mol. The molecule has 0 saturated carbocycles. The van der Waals surface area contributed by atoms with Crippen molar-refractivity contribution in [2.45, 2.75) is 90.0 Å². The highest BCUT2D eigenvalue weighted by Gasteiger charge is 2.44. The van der Waals surface area contributed by atoms with E-state index in [-0.39, 0.29) is 0 Å². The summed E-state index contributed by atoms with van der Waals surface area (Å²) in [4.78, 5) is 10.8. The predicted molar refractivity (Wildman–Crippen MR) is 81.7 cm³/mol. The lowest BCUT2D eigenvalue weighted by molar-refractivity contribution is -0.190. The molecule has 0 fully saturated rings. The third-order valence-electron chi connectivity index (χ3n) is 3.48. The maximum Gasteiger partial charge on any atom is 0.489 e. The Balaban J connectivity index is 3.64. The first kappa shape index (κ1) is 20.5. The molecule has 0 radical (unpaired) electrons. The molecule has 0 aromatic heterocycles. The van der Waals surface area contributed by atoms with Gasteiger partial charge >= 0.3 is 12.1 Å². The highest BCUT2D eigenvalue weighted by molar-refractivity contribution is 6.72. The van der Waals surface area contributed by atoms with Crippen molar-refractivity contribution < 1.29 is 22.4 Å². The molecular formula is C15H29F3O2Si. The van der Waals surface area contributed by atoms with E-state index >= 15 is 0 Å². The van der Waals surface area contributed by atoms with Crippen LogP contribution >= 0.6 is 0 Å². The van der Waals surface area contributed by atoms with Crippen LogP contribution in [0.1, 0.15) is 64.7 Å². The molecule has 0 saturated heterocycles. The number of alkyl halides is 3. The number of carbonyl (C=O) groups is 1. The van der Waals surface area contributed by atoms with Crippen molar-refractivity contribution in [3.05, 3.63) is 0 Å². The van der Waals surface area contributed by atoms with Gasteiger partial charge in [-0.05, 0) is 19.1 Å². The van der Waals surface area contributed by atoms with E-state index in [9.17, 15) is 18.0 Å². The fraction of sp³-hybridized carbons (Fsp3) is 0.933. The van der Waals surface area contributed by atoms with Crippen LogP contribution in [-0.4, -0.2) is 20.5 Å². The third-order valence-corrected chi connectivity index (χ3v) is 5.78. The van der Waals surface area contributed by atoms with Gasteiger partial charge in [-0.15, -0.1) is 0 Å². The van der Waals surface area contributed by atoms with Crippen molar-refractivity contribution in [2.24, 2.45) is 0 Å². The van der Waals surface area contributed by atoms with Gasteiger partial charge in [0.05, 0.1) is 0 Å². The van der Waals surface area contributed by atoms with E-state index in [0.29, 0.717) is 6.04 Å². The van der Waals surface area contributed by atoms with Gasteiger partial charge in [0.1, 0.15) is 0 Å². The van der Waals surface area contributed by atoms with Gasteiger partial charge in [-0.1, -0.05) is 64.7 Å². The van der Waals surface area contributed by atoms with Gasteiger partial charge in [0.2, 0.25) is 8.32 Å². The predicted octanol–water partition coefficient (Wildman–Crippen LogP) is 5.83. The van der Waals surface area contributed by atoms with Gasteiger partial charge in [0.15, 0.2) is 0 Å². The highest BCUT2D eigenvalue weighted by atomic mass is 28.4. The van der Waals surface area contributed by atoms with Crippen LogP contribution in [0.3, 0.4) is 0 Å². The Morgan fingerprint density at radius 3 is 1.76 bits per heavy atom. The molecule has 0 heterocycles. The zero-order valence-corrected chi connectivity index (χ0v) is 14.5. The van der Waals surface area contributed by atoms with Gasteiger partial charge < -0.3 is 4.43 Å². The van der Waals surface area contributed by atoms with Gasteiger partial charge in [-0.3, -0.25) is 0 Å². The molecule has 0 unspecified atom stereocenters. The normalized spacial score (nSPS) is 12.5. The Bertz CT molecular complexity index is 291. The maximum absolute atomic E-state index is 12.1. The summed E-state index contributed by atoms with van der Waals surface area (Å²) in [6.07, 6.45) is 5.64. The van der Waals surface area contributed by atoms with Crippen LogP contribution in [0.5, 0.6) is 0 Å². The summed E-state index contributed by atoms with van der Waals surface area (Å²) in [6, 6.07) is 0.602. The fourth-order valence-corrected chi connectivity index (χ4v) is 4.04. The number of rotatable bonds is 11. The first-order chi connectivity index (χ1) is 9.69. The lowest BCUT2D eigenvalue weighted by Gasteiger charge is -2.23. The molecule has 0 atom stereocenters. The molecule has 6 heteroatoms. The van der Waals surface area contributed by atoms with Crippen molar-refractivity contribution in [3.8, 4) is 0 Å². The van der Waals surface area contributed by atoms with Gasteiger partial charge in [-0.2, -0.15) is 13.2 Å². The molecule has 0 rings (SSSR count). The van der Waals surface area contributed by atoms with E-state index in [1.807, 2.05) is 0 Å². The lowest BCUT2D eigenvalue weighted by Crippen LogP contribution is -2.39. The molecule has 0 N–H and O–H groups in total. The second-order valence-electron chi connectivity index (χ2n) is 6.23. The minimum Gasteiger partial charge on any atom is -0.513 e. The average Bonchev–Trinajstić information content (AvgIpc) is 2.35. The molecule has 0 aromatic rings. The summed E-state index contributed by atoms with van der Waals surface area (Å²) in [5.41, 5.74) is 0. The first-order valence-corrected chi connectivity index (χ1v) is 11.1. The van der Waals surface area contributed by atoms with Crippen LogP contribution in [0.25, 0.3) is 0 Å². The molecule has 0 spiro atoms. The number of hydrogen-bond acceptors (Lipinski definition) is 2. The quantitative estimate of drug-likeness (QED) is 0.353. The second-order valence-corrected chi connectivity index (χ2v) is 10.4. The smallest absolute Gasteiger partial charge is 0.489 e.